The van der Waals surface area contributed by atoms with Gasteiger partial charge in [-0.1, -0.05) is 23.5 Å². The molecule has 0 aliphatic rings. The van der Waals surface area contributed by atoms with Crippen molar-refractivity contribution in [3.8, 4) is 0 Å². The number of nitro benzene ring substituents is 1. The summed E-state index contributed by atoms with van der Waals surface area (Å²) in [7, 11) is 0. The number of carbonyl (C=O) groups is 1. The van der Waals surface area contributed by atoms with Crippen molar-refractivity contribution in [1.29, 1.82) is 0 Å². The summed E-state index contributed by atoms with van der Waals surface area (Å²) in [5, 5.41) is 11.8. The Labute approximate surface area is 182 Å². The normalized spacial score (nSPS) is 11.0. The number of benzene rings is 2. The van der Waals surface area contributed by atoms with Gasteiger partial charge in [-0.25, -0.2) is 9.97 Å². The molecule has 4 aromatic rings. The van der Waals surface area contributed by atoms with Crippen LogP contribution in [0.5, 0.6) is 0 Å². The van der Waals surface area contributed by atoms with Gasteiger partial charge in [-0.15, -0.1) is 0 Å². The first-order valence-electron chi connectivity index (χ1n) is 9.82. The molecule has 0 aliphatic heterocycles. The Kier molecular flexibility index (Phi) is 5.77. The monoisotopic (exact) mass is 435 g/mol. The molecule has 0 unspecified atom stereocenters. The number of non-ortho nitro benzene ring substituents is 1. The van der Waals surface area contributed by atoms with E-state index < -0.39 is 4.92 Å². The van der Waals surface area contributed by atoms with Gasteiger partial charge in [-0.05, 0) is 43.5 Å². The lowest BCUT2D eigenvalue weighted by molar-refractivity contribution is -0.384. The highest BCUT2D eigenvalue weighted by molar-refractivity contribution is 7.22. The molecule has 0 aliphatic carbocycles. The highest BCUT2D eigenvalue weighted by Crippen LogP contribution is 2.33. The number of hydrogen-bond acceptors (Lipinski definition) is 6. The van der Waals surface area contributed by atoms with E-state index >= 15 is 0 Å². The molecule has 2 aromatic carbocycles. The first kappa shape index (κ1) is 20.7. The van der Waals surface area contributed by atoms with Crippen molar-refractivity contribution >= 4 is 38.3 Å². The number of carbonyl (C=O) groups excluding carboxylic acids is 1. The van der Waals surface area contributed by atoms with Gasteiger partial charge in [-0.2, -0.15) is 0 Å². The number of amides is 1. The summed E-state index contributed by atoms with van der Waals surface area (Å²) in [6, 6.07) is 9.92. The summed E-state index contributed by atoms with van der Waals surface area (Å²) < 4.78 is 2.98. The zero-order valence-corrected chi connectivity index (χ0v) is 18.0. The fourth-order valence-electron chi connectivity index (χ4n) is 3.50. The van der Waals surface area contributed by atoms with Crippen LogP contribution in [0, 0.1) is 24.0 Å². The number of aromatic nitrogens is 3. The van der Waals surface area contributed by atoms with Crippen LogP contribution in [-0.4, -0.2) is 31.9 Å². The van der Waals surface area contributed by atoms with Crippen LogP contribution in [0.4, 0.5) is 10.8 Å². The largest absolute Gasteiger partial charge is 0.337 e. The number of nitro groups is 1. The van der Waals surface area contributed by atoms with Crippen LogP contribution >= 0.6 is 11.3 Å². The molecule has 0 bridgehead atoms. The third-order valence-corrected chi connectivity index (χ3v) is 6.18. The highest BCUT2D eigenvalue weighted by atomic mass is 32.1. The predicted molar refractivity (Wildman–Crippen MR) is 121 cm³/mol. The average molecular weight is 436 g/mol. The number of aryl methyl sites for hydroxylation is 3. The number of anilines is 1. The van der Waals surface area contributed by atoms with Crippen molar-refractivity contribution in [3.05, 3.63) is 81.9 Å². The van der Waals surface area contributed by atoms with Crippen LogP contribution in [0.25, 0.3) is 10.2 Å². The maximum atomic E-state index is 13.4. The maximum Gasteiger partial charge on any atom is 0.270 e. The van der Waals surface area contributed by atoms with Gasteiger partial charge in [-0.3, -0.25) is 19.8 Å². The van der Waals surface area contributed by atoms with Crippen LogP contribution in [0.2, 0.25) is 0 Å². The molecule has 0 N–H and O–H groups in total. The summed E-state index contributed by atoms with van der Waals surface area (Å²) in [5.74, 6) is -0.303. The third-order valence-electron chi connectivity index (χ3n) is 4.95. The Morgan fingerprint density at radius 1 is 1.26 bits per heavy atom. The van der Waals surface area contributed by atoms with Crippen molar-refractivity contribution in [2.24, 2.45) is 0 Å². The van der Waals surface area contributed by atoms with Gasteiger partial charge in [0, 0.05) is 43.2 Å². The molecular formula is C22H21N5O3S. The molecule has 2 aromatic heterocycles. The van der Waals surface area contributed by atoms with Crippen molar-refractivity contribution in [2.45, 2.75) is 26.8 Å². The number of imidazole rings is 1. The van der Waals surface area contributed by atoms with Gasteiger partial charge < -0.3 is 4.57 Å². The van der Waals surface area contributed by atoms with Gasteiger partial charge in [0.15, 0.2) is 5.13 Å². The van der Waals surface area contributed by atoms with Crippen molar-refractivity contribution in [3.63, 3.8) is 0 Å². The molecule has 0 atom stereocenters. The van der Waals surface area contributed by atoms with E-state index in [2.05, 4.69) is 11.1 Å². The first-order chi connectivity index (χ1) is 14.9. The molecule has 8 nitrogen and oxygen atoms in total. The van der Waals surface area contributed by atoms with E-state index in [4.69, 9.17) is 4.98 Å². The van der Waals surface area contributed by atoms with Gasteiger partial charge in [0.05, 0.1) is 21.5 Å². The quantitative estimate of drug-likeness (QED) is 0.308. The number of thiazole rings is 1. The summed E-state index contributed by atoms with van der Waals surface area (Å²) >= 11 is 1.46. The summed E-state index contributed by atoms with van der Waals surface area (Å²) in [6.45, 7) is 5.17. The van der Waals surface area contributed by atoms with Gasteiger partial charge >= 0.3 is 0 Å². The fourth-order valence-corrected chi connectivity index (χ4v) is 4.54. The Hall–Kier alpha value is -3.59. The lowest BCUT2D eigenvalue weighted by Crippen LogP contribution is -2.32. The average Bonchev–Trinajstić information content (AvgIpc) is 3.40. The van der Waals surface area contributed by atoms with Crippen LogP contribution in [0.15, 0.2) is 55.1 Å². The minimum atomic E-state index is -0.496. The minimum absolute atomic E-state index is 0.111. The van der Waals surface area contributed by atoms with Crippen molar-refractivity contribution in [1.82, 2.24) is 14.5 Å². The standard InChI is InChI=1S/C22H21N5O3S/c1-15-11-16(2)20-19(12-15)24-22(31-20)26(9-4-8-25-10-7-23-14-25)21(28)17-5-3-6-18(13-17)27(29)30/h3,5-7,10-14H,4,8-9H2,1-2H3. The SMILES string of the molecule is Cc1cc(C)c2sc(N(CCCn3ccnc3)C(=O)c3cccc([N+](=O)[O-])c3)nc2c1. The summed E-state index contributed by atoms with van der Waals surface area (Å²) in [4.78, 5) is 34.5. The molecular weight excluding hydrogens is 414 g/mol. The van der Waals surface area contributed by atoms with E-state index in [-0.39, 0.29) is 17.2 Å². The van der Waals surface area contributed by atoms with E-state index in [1.54, 1.807) is 23.5 Å². The minimum Gasteiger partial charge on any atom is -0.337 e. The fraction of sp³-hybridized carbons (Fsp3) is 0.227. The van der Waals surface area contributed by atoms with E-state index in [0.29, 0.717) is 24.6 Å². The van der Waals surface area contributed by atoms with E-state index in [0.717, 1.165) is 21.3 Å². The zero-order chi connectivity index (χ0) is 22.0. The highest BCUT2D eigenvalue weighted by Gasteiger charge is 2.23. The van der Waals surface area contributed by atoms with Crippen LogP contribution in [0.3, 0.4) is 0 Å². The Morgan fingerprint density at radius 3 is 2.84 bits per heavy atom. The van der Waals surface area contributed by atoms with Gasteiger partial charge in [0.25, 0.3) is 11.6 Å². The number of hydrogen-bond donors (Lipinski definition) is 0. The van der Waals surface area contributed by atoms with Crippen LogP contribution < -0.4 is 4.90 Å². The molecule has 0 spiro atoms. The molecule has 9 heteroatoms. The van der Waals surface area contributed by atoms with Crippen molar-refractivity contribution < 1.29 is 9.72 Å². The van der Waals surface area contributed by atoms with Crippen molar-refractivity contribution in [2.75, 3.05) is 11.4 Å². The first-order valence-corrected chi connectivity index (χ1v) is 10.6. The number of rotatable bonds is 7. The van der Waals surface area contributed by atoms with Crippen LogP contribution in [-0.2, 0) is 6.54 Å². The van der Waals surface area contributed by atoms with Gasteiger partial charge in [0.2, 0.25) is 0 Å². The molecule has 0 radical (unpaired) electrons. The molecule has 0 saturated carbocycles. The maximum absolute atomic E-state index is 13.4. The zero-order valence-electron chi connectivity index (χ0n) is 17.2. The third kappa shape index (κ3) is 4.46. The number of nitrogens with zero attached hydrogens (tertiary/aromatic N) is 5. The lowest BCUT2D eigenvalue weighted by Gasteiger charge is -2.20. The molecule has 158 valence electrons. The summed E-state index contributed by atoms with van der Waals surface area (Å²) in [6.07, 6.45) is 6.00. The lowest BCUT2D eigenvalue weighted by atomic mass is 10.1. The van der Waals surface area contributed by atoms with Crippen LogP contribution in [0.1, 0.15) is 27.9 Å². The molecule has 4 rings (SSSR count). The predicted octanol–water partition coefficient (Wildman–Crippen LogP) is 4.75. The number of fused-ring (bicyclic) bond motifs is 1. The Morgan fingerprint density at radius 2 is 2.10 bits per heavy atom. The van der Waals surface area contributed by atoms with E-state index in [1.807, 2.05) is 30.7 Å². The summed E-state index contributed by atoms with van der Waals surface area (Å²) in [5.41, 5.74) is 3.23. The Balaban J connectivity index is 1.68. The van der Waals surface area contributed by atoms with Gasteiger partial charge in [0.1, 0.15) is 0 Å². The molecule has 2 heterocycles. The Bertz CT molecular complexity index is 1250. The smallest absolute Gasteiger partial charge is 0.270 e. The topological polar surface area (TPSA) is 94.2 Å². The molecule has 0 saturated heterocycles. The second kappa shape index (κ2) is 8.65. The molecule has 1 amide bonds. The van der Waals surface area contributed by atoms with E-state index in [9.17, 15) is 14.9 Å². The van der Waals surface area contributed by atoms with E-state index in [1.165, 1.54) is 29.5 Å². The second-order valence-corrected chi connectivity index (χ2v) is 8.32. The molecule has 0 fully saturated rings. The second-order valence-electron chi connectivity index (χ2n) is 7.34. The molecule has 31 heavy (non-hydrogen) atoms.